The van der Waals surface area contributed by atoms with Crippen molar-refractivity contribution in [3.05, 3.63) is 57.6 Å². The lowest BCUT2D eigenvalue weighted by Crippen LogP contribution is -2.27. The van der Waals surface area contributed by atoms with Crippen LogP contribution in [0.4, 0.5) is 5.69 Å². The summed E-state index contributed by atoms with van der Waals surface area (Å²) in [5.74, 6) is 0.0221. The Labute approximate surface area is 149 Å². The molecule has 0 saturated heterocycles. The topological polar surface area (TPSA) is 58.6 Å². The molecular weight excluding hydrogens is 351 g/mol. The lowest BCUT2D eigenvalue weighted by molar-refractivity contribution is 0.0796. The van der Waals surface area contributed by atoms with E-state index in [2.05, 4.69) is 5.32 Å². The zero-order valence-electron chi connectivity index (χ0n) is 12.8. The maximum absolute atomic E-state index is 12.3. The van der Waals surface area contributed by atoms with E-state index in [1.165, 1.54) is 6.07 Å². The van der Waals surface area contributed by atoms with Crippen molar-refractivity contribution < 1.29 is 14.3 Å². The van der Waals surface area contributed by atoms with E-state index in [0.717, 1.165) is 0 Å². The summed E-state index contributed by atoms with van der Waals surface area (Å²) in [4.78, 5) is 26.2. The largest absolute Gasteiger partial charge is 0.491 e. The molecule has 2 aromatic rings. The fourth-order valence-corrected chi connectivity index (χ4v) is 2.64. The molecule has 0 unspecified atom stereocenters. The molecule has 1 aliphatic rings. The highest BCUT2D eigenvalue weighted by Gasteiger charge is 2.21. The van der Waals surface area contributed by atoms with Crippen molar-refractivity contribution in [2.24, 2.45) is 0 Å². The molecule has 0 radical (unpaired) electrons. The van der Waals surface area contributed by atoms with E-state index >= 15 is 0 Å². The molecule has 1 aliphatic heterocycles. The van der Waals surface area contributed by atoms with Gasteiger partial charge in [0.15, 0.2) is 0 Å². The molecule has 0 aliphatic carbocycles. The predicted octanol–water partition coefficient (Wildman–Crippen LogP) is 3.71. The second kappa shape index (κ2) is 6.71. The van der Waals surface area contributed by atoms with Crippen molar-refractivity contribution >= 4 is 40.7 Å². The van der Waals surface area contributed by atoms with Gasteiger partial charge in [0.2, 0.25) is 0 Å². The molecule has 0 atom stereocenters. The van der Waals surface area contributed by atoms with Gasteiger partial charge in [0.1, 0.15) is 12.4 Å². The van der Waals surface area contributed by atoms with Crippen molar-refractivity contribution in [3.8, 4) is 5.75 Å². The molecule has 0 saturated carbocycles. The predicted molar refractivity (Wildman–Crippen MR) is 93.3 cm³/mol. The third kappa shape index (κ3) is 3.32. The zero-order chi connectivity index (χ0) is 17.3. The Morgan fingerprint density at radius 2 is 1.96 bits per heavy atom. The van der Waals surface area contributed by atoms with Gasteiger partial charge in [-0.05, 0) is 36.4 Å². The lowest BCUT2D eigenvalue weighted by atomic mass is 10.1. The standard InChI is InChI=1S/C17H14Cl2N2O3/c1-21-6-7-24-15-5-3-11(9-12(15)17(21)23)20-16(22)10-2-4-13(18)14(19)8-10/h2-5,8-9H,6-7H2,1H3,(H,20,22). The van der Waals surface area contributed by atoms with Crippen LogP contribution >= 0.6 is 23.2 Å². The Morgan fingerprint density at radius 1 is 1.17 bits per heavy atom. The zero-order valence-corrected chi connectivity index (χ0v) is 14.3. The van der Waals surface area contributed by atoms with Crippen LogP contribution in [0.3, 0.4) is 0 Å². The molecule has 1 N–H and O–H groups in total. The highest BCUT2D eigenvalue weighted by atomic mass is 35.5. The van der Waals surface area contributed by atoms with Gasteiger partial charge < -0.3 is 15.0 Å². The number of nitrogens with zero attached hydrogens (tertiary/aromatic N) is 1. The summed E-state index contributed by atoms with van der Waals surface area (Å²) in [7, 11) is 1.71. The minimum Gasteiger partial charge on any atom is -0.491 e. The highest BCUT2D eigenvalue weighted by molar-refractivity contribution is 6.42. The number of benzene rings is 2. The summed E-state index contributed by atoms with van der Waals surface area (Å²) in [5.41, 5.74) is 1.29. The molecule has 0 spiro atoms. The molecule has 5 nitrogen and oxygen atoms in total. The molecule has 3 rings (SSSR count). The number of fused-ring (bicyclic) bond motifs is 1. The number of hydrogen-bond acceptors (Lipinski definition) is 3. The van der Waals surface area contributed by atoms with Crippen molar-refractivity contribution in [2.75, 3.05) is 25.5 Å². The SMILES string of the molecule is CN1CCOc2ccc(NC(=O)c3ccc(Cl)c(Cl)c3)cc2C1=O. The van der Waals surface area contributed by atoms with E-state index < -0.39 is 0 Å². The first-order valence-corrected chi connectivity index (χ1v) is 8.00. The fourth-order valence-electron chi connectivity index (χ4n) is 2.34. The van der Waals surface area contributed by atoms with Gasteiger partial charge in [0.25, 0.3) is 11.8 Å². The number of amides is 2. The number of halogens is 2. The van der Waals surface area contributed by atoms with Crippen molar-refractivity contribution in [1.82, 2.24) is 4.90 Å². The first-order valence-electron chi connectivity index (χ1n) is 7.24. The summed E-state index contributed by atoms with van der Waals surface area (Å²) in [5, 5.41) is 3.42. The summed E-state index contributed by atoms with van der Waals surface area (Å²) >= 11 is 11.8. The summed E-state index contributed by atoms with van der Waals surface area (Å²) in [6, 6.07) is 9.60. The van der Waals surface area contributed by atoms with Crippen molar-refractivity contribution in [2.45, 2.75) is 0 Å². The molecule has 24 heavy (non-hydrogen) atoms. The molecule has 1 heterocycles. The van der Waals surface area contributed by atoms with Gasteiger partial charge in [-0.3, -0.25) is 9.59 Å². The van der Waals surface area contributed by atoms with Crippen LogP contribution in [0.25, 0.3) is 0 Å². The van der Waals surface area contributed by atoms with Crippen LogP contribution in [0.5, 0.6) is 5.75 Å². The number of carbonyl (C=O) groups excluding carboxylic acids is 2. The quantitative estimate of drug-likeness (QED) is 0.883. The number of rotatable bonds is 2. The Bertz CT molecular complexity index is 823. The maximum atomic E-state index is 12.3. The van der Waals surface area contributed by atoms with Gasteiger partial charge >= 0.3 is 0 Å². The molecule has 7 heteroatoms. The van der Waals surface area contributed by atoms with Crippen LogP contribution < -0.4 is 10.1 Å². The molecular formula is C17H14Cl2N2O3. The molecule has 0 aromatic heterocycles. The van der Waals surface area contributed by atoms with Crippen LogP contribution in [-0.2, 0) is 0 Å². The Hall–Kier alpha value is -2.24. The Kier molecular flexibility index (Phi) is 4.64. The van der Waals surface area contributed by atoms with Crippen LogP contribution in [0, 0.1) is 0 Å². The Balaban J connectivity index is 1.85. The average Bonchev–Trinajstić information content (AvgIpc) is 2.70. The van der Waals surface area contributed by atoms with Crippen LogP contribution in [-0.4, -0.2) is 36.9 Å². The van der Waals surface area contributed by atoms with Crippen LogP contribution in [0.1, 0.15) is 20.7 Å². The third-order valence-corrected chi connectivity index (χ3v) is 4.42. The van der Waals surface area contributed by atoms with Gasteiger partial charge in [-0.2, -0.15) is 0 Å². The summed E-state index contributed by atoms with van der Waals surface area (Å²) in [6.07, 6.45) is 0. The van der Waals surface area contributed by atoms with Crippen molar-refractivity contribution in [1.29, 1.82) is 0 Å². The second-order valence-electron chi connectivity index (χ2n) is 5.37. The van der Waals surface area contributed by atoms with Crippen molar-refractivity contribution in [3.63, 3.8) is 0 Å². The highest BCUT2D eigenvalue weighted by Crippen LogP contribution is 2.27. The van der Waals surface area contributed by atoms with Gasteiger partial charge in [0.05, 0.1) is 22.2 Å². The van der Waals surface area contributed by atoms with E-state index in [-0.39, 0.29) is 11.8 Å². The molecule has 2 amide bonds. The molecule has 2 aromatic carbocycles. The molecule has 124 valence electrons. The van der Waals surface area contributed by atoms with E-state index in [0.29, 0.717) is 45.8 Å². The van der Waals surface area contributed by atoms with Crippen LogP contribution in [0.15, 0.2) is 36.4 Å². The number of nitrogens with one attached hydrogen (secondary N) is 1. The summed E-state index contributed by atoms with van der Waals surface area (Å²) < 4.78 is 5.56. The molecule has 0 fully saturated rings. The maximum Gasteiger partial charge on any atom is 0.257 e. The van der Waals surface area contributed by atoms with E-state index in [1.807, 2.05) is 0 Å². The number of carbonyl (C=O) groups is 2. The average molecular weight is 365 g/mol. The van der Waals surface area contributed by atoms with Gasteiger partial charge in [-0.15, -0.1) is 0 Å². The summed E-state index contributed by atoms with van der Waals surface area (Å²) in [6.45, 7) is 0.947. The van der Waals surface area contributed by atoms with E-state index in [9.17, 15) is 9.59 Å². The monoisotopic (exact) mass is 364 g/mol. The second-order valence-corrected chi connectivity index (χ2v) is 6.18. The van der Waals surface area contributed by atoms with Crippen LogP contribution in [0.2, 0.25) is 10.0 Å². The van der Waals surface area contributed by atoms with Gasteiger partial charge in [-0.1, -0.05) is 23.2 Å². The normalized spacial score (nSPS) is 13.8. The number of anilines is 1. The minimum atomic E-state index is -0.344. The Morgan fingerprint density at radius 3 is 2.71 bits per heavy atom. The first kappa shape index (κ1) is 16.6. The van der Waals surface area contributed by atoms with E-state index in [1.54, 1.807) is 42.3 Å². The number of ether oxygens (including phenoxy) is 1. The number of likely N-dealkylation sites (N-methyl/N-ethyl adjacent to an activating group) is 1. The third-order valence-electron chi connectivity index (χ3n) is 3.68. The number of hydrogen-bond donors (Lipinski definition) is 1. The minimum absolute atomic E-state index is 0.145. The lowest BCUT2D eigenvalue weighted by Gasteiger charge is -2.13. The molecule has 0 bridgehead atoms. The van der Waals surface area contributed by atoms with Gasteiger partial charge in [0, 0.05) is 18.3 Å². The first-order chi connectivity index (χ1) is 11.5. The van der Waals surface area contributed by atoms with Gasteiger partial charge in [-0.25, -0.2) is 0 Å². The van der Waals surface area contributed by atoms with E-state index in [4.69, 9.17) is 27.9 Å². The smallest absolute Gasteiger partial charge is 0.257 e. The fraction of sp³-hybridized carbons (Fsp3) is 0.176.